The number of carbonyl (C=O) groups excluding carboxylic acids is 2. The summed E-state index contributed by atoms with van der Waals surface area (Å²) >= 11 is 0. The van der Waals surface area contributed by atoms with Crippen molar-refractivity contribution in [1.82, 2.24) is 10.6 Å². The molecule has 33 heavy (non-hydrogen) atoms. The number of carbonyl (C=O) groups is 2. The summed E-state index contributed by atoms with van der Waals surface area (Å²) in [4.78, 5) is 24.5. The van der Waals surface area contributed by atoms with Crippen molar-refractivity contribution in [2.75, 3.05) is 23.7 Å². The van der Waals surface area contributed by atoms with Gasteiger partial charge in [-0.3, -0.25) is 4.79 Å². The first-order valence-electron chi connectivity index (χ1n) is 12.7. The van der Waals surface area contributed by atoms with Crippen LogP contribution in [-0.4, -0.2) is 42.8 Å². The minimum atomic E-state index is -0.539. The number of anilines is 2. The fraction of sp³-hybridized carbons (Fsp3) is 0.692. The maximum atomic E-state index is 12.8. The van der Waals surface area contributed by atoms with Crippen LogP contribution < -0.4 is 21.3 Å². The van der Waals surface area contributed by atoms with Gasteiger partial charge in [-0.1, -0.05) is 38.5 Å². The van der Waals surface area contributed by atoms with E-state index in [1.54, 1.807) is 0 Å². The second kappa shape index (κ2) is 12.1. The van der Waals surface area contributed by atoms with Crippen LogP contribution in [0.2, 0.25) is 0 Å². The molecule has 0 aromatic heterocycles. The Morgan fingerprint density at radius 3 is 1.94 bits per heavy atom. The molecule has 0 unspecified atom stereocenters. The van der Waals surface area contributed by atoms with E-state index >= 15 is 0 Å². The smallest absolute Gasteiger partial charge is 0.407 e. The number of alkyl carbamates (subject to hydrolysis) is 1. The molecule has 0 saturated heterocycles. The van der Waals surface area contributed by atoms with Crippen molar-refractivity contribution in [2.24, 2.45) is 0 Å². The largest absolute Gasteiger partial charge is 0.444 e. The minimum absolute atomic E-state index is 0.142. The van der Waals surface area contributed by atoms with E-state index in [-0.39, 0.29) is 5.91 Å². The number of benzene rings is 1. The van der Waals surface area contributed by atoms with Gasteiger partial charge < -0.3 is 26.0 Å². The first kappa shape index (κ1) is 25.2. The number of amides is 2. The van der Waals surface area contributed by atoms with Crippen molar-refractivity contribution in [3.63, 3.8) is 0 Å². The van der Waals surface area contributed by atoms with E-state index in [1.807, 2.05) is 39.0 Å². The second-order valence-electron chi connectivity index (χ2n) is 10.4. The quantitative estimate of drug-likeness (QED) is 0.390. The first-order valence-corrected chi connectivity index (χ1v) is 12.7. The molecule has 2 fully saturated rings. The molecule has 7 nitrogen and oxygen atoms in total. The van der Waals surface area contributed by atoms with E-state index in [4.69, 9.17) is 4.74 Å². The maximum absolute atomic E-state index is 12.8. The number of hydrogen-bond donors (Lipinski definition) is 4. The molecule has 0 spiro atoms. The van der Waals surface area contributed by atoms with Crippen LogP contribution >= 0.6 is 0 Å². The summed E-state index contributed by atoms with van der Waals surface area (Å²) in [5.74, 6) is -0.142. The second-order valence-corrected chi connectivity index (χ2v) is 10.4. The SMILES string of the molecule is CC(C)(C)OC(=O)NCCNC(=O)c1ccc(NC2CCCCC2)c(NC2CCCCC2)c1. The van der Waals surface area contributed by atoms with Crippen molar-refractivity contribution >= 4 is 23.4 Å². The van der Waals surface area contributed by atoms with Gasteiger partial charge in [-0.25, -0.2) is 4.79 Å². The lowest BCUT2D eigenvalue weighted by atomic mass is 9.94. The molecule has 2 aliphatic rings. The van der Waals surface area contributed by atoms with Crippen LogP contribution in [0, 0.1) is 0 Å². The summed E-state index contributed by atoms with van der Waals surface area (Å²) in [5, 5.41) is 13.0. The fourth-order valence-corrected chi connectivity index (χ4v) is 4.62. The van der Waals surface area contributed by atoms with Gasteiger partial charge in [-0.05, 0) is 64.7 Å². The third-order valence-electron chi connectivity index (χ3n) is 6.29. The highest BCUT2D eigenvalue weighted by Gasteiger charge is 2.19. The molecule has 2 saturated carbocycles. The van der Waals surface area contributed by atoms with Gasteiger partial charge in [0.1, 0.15) is 5.60 Å². The predicted octanol–water partition coefficient (Wildman–Crippen LogP) is 5.43. The van der Waals surface area contributed by atoms with E-state index < -0.39 is 11.7 Å². The van der Waals surface area contributed by atoms with Crippen LogP contribution in [0.1, 0.15) is 95.3 Å². The van der Waals surface area contributed by atoms with Crippen LogP contribution in [0.4, 0.5) is 16.2 Å². The Labute approximate surface area is 198 Å². The van der Waals surface area contributed by atoms with E-state index in [1.165, 1.54) is 64.2 Å². The number of rotatable bonds is 8. The Bertz CT molecular complexity index is 778. The molecule has 2 aliphatic carbocycles. The number of ether oxygens (including phenoxy) is 1. The third kappa shape index (κ3) is 8.78. The summed E-state index contributed by atoms with van der Waals surface area (Å²) in [6.45, 7) is 6.11. The predicted molar refractivity (Wildman–Crippen MR) is 134 cm³/mol. The third-order valence-corrected chi connectivity index (χ3v) is 6.29. The van der Waals surface area contributed by atoms with Crippen molar-refractivity contribution in [3.8, 4) is 0 Å². The Kier molecular flexibility index (Phi) is 9.27. The minimum Gasteiger partial charge on any atom is -0.444 e. The molecule has 3 rings (SSSR count). The van der Waals surface area contributed by atoms with Crippen LogP contribution in [0.25, 0.3) is 0 Å². The molecule has 184 valence electrons. The summed E-state index contributed by atoms with van der Waals surface area (Å²) in [7, 11) is 0. The lowest BCUT2D eigenvalue weighted by molar-refractivity contribution is 0.0526. The molecule has 0 atom stereocenters. The van der Waals surface area contributed by atoms with Gasteiger partial charge in [-0.15, -0.1) is 0 Å². The Balaban J connectivity index is 1.59. The number of hydrogen-bond acceptors (Lipinski definition) is 5. The zero-order valence-corrected chi connectivity index (χ0v) is 20.6. The maximum Gasteiger partial charge on any atom is 0.407 e. The molecule has 1 aromatic carbocycles. The number of nitrogens with one attached hydrogen (secondary N) is 4. The molecule has 1 aromatic rings. The highest BCUT2D eigenvalue weighted by molar-refractivity contribution is 5.96. The van der Waals surface area contributed by atoms with E-state index in [9.17, 15) is 9.59 Å². The van der Waals surface area contributed by atoms with Gasteiger partial charge >= 0.3 is 6.09 Å². The molecule has 4 N–H and O–H groups in total. The Morgan fingerprint density at radius 2 is 1.36 bits per heavy atom. The highest BCUT2D eigenvalue weighted by Crippen LogP contribution is 2.30. The lowest BCUT2D eigenvalue weighted by Crippen LogP contribution is -2.37. The van der Waals surface area contributed by atoms with Gasteiger partial charge in [0.05, 0.1) is 11.4 Å². The van der Waals surface area contributed by atoms with Crippen LogP contribution in [0.3, 0.4) is 0 Å². The van der Waals surface area contributed by atoms with E-state index in [2.05, 4.69) is 21.3 Å². The topological polar surface area (TPSA) is 91.5 Å². The molecule has 2 amide bonds. The Morgan fingerprint density at radius 1 is 0.818 bits per heavy atom. The normalized spacial score (nSPS) is 17.8. The van der Waals surface area contributed by atoms with Crippen LogP contribution in [-0.2, 0) is 4.74 Å². The van der Waals surface area contributed by atoms with Gasteiger partial charge in [0.15, 0.2) is 0 Å². The summed E-state index contributed by atoms with van der Waals surface area (Å²) < 4.78 is 5.21. The molecule has 7 heteroatoms. The Hall–Kier alpha value is -2.44. The van der Waals surface area contributed by atoms with Gasteiger partial charge in [0.2, 0.25) is 0 Å². The van der Waals surface area contributed by atoms with Crippen molar-refractivity contribution in [2.45, 2.75) is 103 Å². The van der Waals surface area contributed by atoms with Crippen molar-refractivity contribution in [1.29, 1.82) is 0 Å². The molecule has 0 aliphatic heterocycles. The highest BCUT2D eigenvalue weighted by atomic mass is 16.6. The zero-order valence-electron chi connectivity index (χ0n) is 20.6. The summed E-state index contributed by atoms with van der Waals surface area (Å²) in [6.07, 6.45) is 12.0. The average Bonchev–Trinajstić information content (AvgIpc) is 2.78. The molecular weight excluding hydrogens is 416 g/mol. The molecule has 0 radical (unpaired) electrons. The van der Waals surface area contributed by atoms with E-state index in [0.717, 1.165) is 11.4 Å². The van der Waals surface area contributed by atoms with Gasteiger partial charge in [0, 0.05) is 30.7 Å². The lowest BCUT2D eigenvalue weighted by Gasteiger charge is -2.28. The average molecular weight is 459 g/mol. The standard InChI is InChI=1S/C26H42N4O3/c1-26(2,3)33-25(32)28-17-16-27-24(31)19-14-15-22(29-20-10-6-4-7-11-20)23(18-19)30-21-12-8-5-9-13-21/h14-15,18,20-21,29-30H,4-13,16-17H2,1-3H3,(H,27,31)(H,28,32). The van der Waals surface area contributed by atoms with Gasteiger partial charge in [-0.2, -0.15) is 0 Å². The van der Waals surface area contributed by atoms with Crippen molar-refractivity contribution in [3.05, 3.63) is 23.8 Å². The monoisotopic (exact) mass is 458 g/mol. The first-order chi connectivity index (χ1) is 15.8. The van der Waals surface area contributed by atoms with E-state index in [0.29, 0.717) is 30.7 Å². The molecular formula is C26H42N4O3. The zero-order chi connectivity index (χ0) is 23.7. The summed E-state index contributed by atoms with van der Waals surface area (Å²) in [5.41, 5.74) is 2.20. The fourth-order valence-electron chi connectivity index (χ4n) is 4.62. The summed E-state index contributed by atoms with van der Waals surface area (Å²) in [6, 6.07) is 6.85. The van der Waals surface area contributed by atoms with Crippen molar-refractivity contribution < 1.29 is 14.3 Å². The van der Waals surface area contributed by atoms with Crippen LogP contribution in [0.5, 0.6) is 0 Å². The molecule has 0 bridgehead atoms. The van der Waals surface area contributed by atoms with Gasteiger partial charge in [0.25, 0.3) is 5.91 Å². The van der Waals surface area contributed by atoms with Crippen LogP contribution in [0.15, 0.2) is 18.2 Å². The molecule has 0 heterocycles.